The molecule has 0 bridgehead atoms. The van der Waals surface area contributed by atoms with Crippen molar-refractivity contribution in [3.05, 3.63) is 108 Å². The first-order valence-electron chi connectivity index (χ1n) is 13.1. The summed E-state index contributed by atoms with van der Waals surface area (Å²) in [7, 11) is 0. The van der Waals surface area contributed by atoms with E-state index in [0.29, 0.717) is 21.2 Å². The van der Waals surface area contributed by atoms with Crippen LogP contribution in [0.5, 0.6) is 0 Å². The number of benzene rings is 3. The van der Waals surface area contributed by atoms with Crippen LogP contribution in [0.3, 0.4) is 0 Å². The number of hydrogen-bond acceptors (Lipinski definition) is 6. The third kappa shape index (κ3) is 5.23. The highest BCUT2D eigenvalue weighted by Gasteiger charge is 2.57. The smallest absolute Gasteiger partial charge is 0.324 e. The van der Waals surface area contributed by atoms with Crippen LogP contribution >= 0.6 is 46.3 Å². The summed E-state index contributed by atoms with van der Waals surface area (Å²) in [6, 6.07) is 15.9. The van der Waals surface area contributed by atoms with Crippen molar-refractivity contribution in [3.8, 4) is 0 Å². The number of thiazole rings is 1. The van der Waals surface area contributed by atoms with E-state index in [2.05, 4.69) is 5.32 Å². The molecule has 7 nitrogen and oxygen atoms in total. The summed E-state index contributed by atoms with van der Waals surface area (Å²) in [6.45, 7) is 1.45. The fourth-order valence-electron chi connectivity index (χ4n) is 5.47. The molecule has 2 aliphatic rings. The Morgan fingerprint density at radius 1 is 0.977 bits per heavy atom. The SMILES string of the molecule is Cc1ccccc1NC(=O)Cn1c2c(sc1=O)[C@@H](c1cccc(Cl)c1Cl)[C@@H]1C(=O)N(c3cccc(C(F)(F)F)c3)C(=O)[C@@H]1S2. The highest BCUT2D eigenvalue weighted by atomic mass is 35.5. The van der Waals surface area contributed by atoms with Gasteiger partial charge in [0.1, 0.15) is 11.8 Å². The van der Waals surface area contributed by atoms with Gasteiger partial charge in [0.2, 0.25) is 17.7 Å². The van der Waals surface area contributed by atoms with Crippen LogP contribution in [-0.4, -0.2) is 27.5 Å². The molecule has 0 unspecified atom stereocenters. The van der Waals surface area contributed by atoms with E-state index in [4.69, 9.17) is 23.2 Å². The number of halogens is 5. The lowest BCUT2D eigenvalue weighted by molar-refractivity contribution is -0.137. The van der Waals surface area contributed by atoms with E-state index in [1.54, 1.807) is 30.3 Å². The fourth-order valence-corrected chi connectivity index (χ4v) is 8.66. The molecule has 1 N–H and O–H groups in total. The number of alkyl halides is 3. The minimum atomic E-state index is -4.70. The van der Waals surface area contributed by atoms with Crippen LogP contribution < -0.4 is 15.1 Å². The summed E-state index contributed by atoms with van der Waals surface area (Å²) in [5.74, 6) is -4.01. The maximum atomic E-state index is 14.0. The van der Waals surface area contributed by atoms with E-state index in [0.717, 1.165) is 51.8 Å². The molecule has 0 radical (unpaired) electrons. The minimum Gasteiger partial charge on any atom is -0.324 e. The Hall–Kier alpha value is -3.58. The number of hydrogen-bond donors (Lipinski definition) is 1. The van der Waals surface area contributed by atoms with Crippen LogP contribution in [0.2, 0.25) is 10.0 Å². The first-order valence-corrected chi connectivity index (χ1v) is 15.6. The van der Waals surface area contributed by atoms with Crippen molar-refractivity contribution in [1.29, 1.82) is 0 Å². The number of nitrogens with zero attached hydrogens (tertiary/aromatic N) is 2. The third-order valence-electron chi connectivity index (χ3n) is 7.52. The number of rotatable bonds is 5. The lowest BCUT2D eigenvalue weighted by Gasteiger charge is -2.31. The van der Waals surface area contributed by atoms with Gasteiger partial charge in [-0.1, -0.05) is 82.7 Å². The van der Waals surface area contributed by atoms with E-state index in [1.165, 1.54) is 10.6 Å². The van der Waals surface area contributed by atoms with Crippen LogP contribution in [0.25, 0.3) is 0 Å². The highest BCUT2D eigenvalue weighted by Crippen LogP contribution is 2.55. The van der Waals surface area contributed by atoms with Crippen molar-refractivity contribution in [2.45, 2.75) is 35.8 Å². The number of carbonyl (C=O) groups is 3. The molecule has 6 rings (SSSR count). The average Bonchev–Trinajstić information content (AvgIpc) is 3.41. The molecule has 14 heteroatoms. The molecule has 0 saturated carbocycles. The number of fused-ring (bicyclic) bond motifs is 2. The summed E-state index contributed by atoms with van der Waals surface area (Å²) in [5.41, 5.74) is 0.525. The molecule has 2 aliphatic heterocycles. The van der Waals surface area contributed by atoms with E-state index in [9.17, 15) is 32.3 Å². The van der Waals surface area contributed by atoms with Gasteiger partial charge >= 0.3 is 11.0 Å². The predicted molar refractivity (Wildman–Crippen MR) is 164 cm³/mol. The van der Waals surface area contributed by atoms with Gasteiger partial charge in [-0.2, -0.15) is 13.2 Å². The van der Waals surface area contributed by atoms with Crippen molar-refractivity contribution in [1.82, 2.24) is 4.57 Å². The summed E-state index contributed by atoms with van der Waals surface area (Å²) in [5, 5.41) is 2.25. The number of imide groups is 1. The second-order valence-corrected chi connectivity index (χ2v) is 13.1. The van der Waals surface area contributed by atoms with Crippen LogP contribution in [-0.2, 0) is 27.1 Å². The fraction of sp³-hybridized carbons (Fsp3) is 0.200. The molecule has 1 aromatic heterocycles. The lowest BCUT2D eigenvalue weighted by Crippen LogP contribution is -2.33. The van der Waals surface area contributed by atoms with Crippen LogP contribution in [0.15, 0.2) is 76.6 Å². The second-order valence-electron chi connectivity index (χ2n) is 10.2. The van der Waals surface area contributed by atoms with Gasteiger partial charge in [0.15, 0.2) is 0 Å². The first kappa shape index (κ1) is 30.4. The zero-order valence-electron chi connectivity index (χ0n) is 22.5. The normalized spacial score (nSPS) is 19.6. The number of amides is 3. The molecule has 3 heterocycles. The van der Waals surface area contributed by atoms with Crippen LogP contribution in [0, 0.1) is 12.8 Å². The van der Waals surface area contributed by atoms with Gasteiger partial charge in [-0.25, -0.2) is 4.90 Å². The number of carbonyl (C=O) groups excluding carboxylic acids is 3. The van der Waals surface area contributed by atoms with Gasteiger partial charge in [0.05, 0.1) is 32.2 Å². The quantitative estimate of drug-likeness (QED) is 0.230. The molecule has 0 aliphatic carbocycles. The highest BCUT2D eigenvalue weighted by molar-refractivity contribution is 8.00. The Bertz CT molecular complexity index is 1910. The number of nitrogens with one attached hydrogen (secondary N) is 1. The number of para-hydroxylation sites is 1. The lowest BCUT2D eigenvalue weighted by atomic mass is 9.83. The van der Waals surface area contributed by atoms with Gasteiger partial charge in [-0.3, -0.25) is 23.7 Å². The van der Waals surface area contributed by atoms with E-state index < -0.39 is 51.4 Å². The van der Waals surface area contributed by atoms with Crippen molar-refractivity contribution in [2.75, 3.05) is 10.2 Å². The molecule has 0 spiro atoms. The molecule has 44 heavy (non-hydrogen) atoms. The Balaban J connectivity index is 1.44. The van der Waals surface area contributed by atoms with Crippen molar-refractivity contribution in [2.24, 2.45) is 5.92 Å². The van der Waals surface area contributed by atoms with Crippen molar-refractivity contribution >= 4 is 75.4 Å². The maximum absolute atomic E-state index is 14.0. The zero-order chi connectivity index (χ0) is 31.5. The molecule has 1 saturated heterocycles. The molecule has 3 amide bonds. The van der Waals surface area contributed by atoms with Crippen LogP contribution in [0.1, 0.15) is 27.5 Å². The summed E-state index contributed by atoms with van der Waals surface area (Å²) in [4.78, 5) is 54.9. The van der Waals surface area contributed by atoms with Crippen molar-refractivity contribution in [3.63, 3.8) is 0 Å². The average molecular weight is 679 g/mol. The van der Waals surface area contributed by atoms with E-state index in [-0.39, 0.29) is 22.3 Å². The topological polar surface area (TPSA) is 88.5 Å². The van der Waals surface area contributed by atoms with Crippen molar-refractivity contribution < 1.29 is 27.6 Å². The largest absolute Gasteiger partial charge is 0.416 e. The standard InChI is InChI=1S/C30H20Cl2F3N3O4S2/c1-14-6-2-3-11-19(14)36-20(39)13-37-28-25(44-29(37)42)21(17-9-5-10-18(31)23(17)32)22-24(43-28)27(41)38(26(22)40)16-8-4-7-15(12-16)30(33,34)35/h2-12,21-22,24H,13H2,1H3,(H,36,39)/t21-,22-,24+/m0/s1. The van der Waals surface area contributed by atoms with E-state index >= 15 is 0 Å². The maximum Gasteiger partial charge on any atom is 0.416 e. The number of anilines is 2. The van der Waals surface area contributed by atoms with E-state index in [1.807, 2.05) is 19.1 Å². The predicted octanol–water partition coefficient (Wildman–Crippen LogP) is 6.98. The van der Waals surface area contributed by atoms with Gasteiger partial charge in [0, 0.05) is 16.5 Å². The molecular weight excluding hydrogens is 658 g/mol. The Morgan fingerprint density at radius 3 is 2.43 bits per heavy atom. The molecular formula is C30H20Cl2F3N3O4S2. The minimum absolute atomic E-state index is 0.109. The third-order valence-corrected chi connectivity index (χ3v) is 11.0. The molecule has 3 aromatic carbocycles. The first-order chi connectivity index (χ1) is 20.9. The van der Waals surface area contributed by atoms with Gasteiger partial charge in [-0.05, 0) is 48.4 Å². The number of thioether (sulfide) groups is 1. The Labute approximate surface area is 266 Å². The molecule has 4 aromatic rings. The van der Waals surface area contributed by atoms with Gasteiger partial charge in [-0.15, -0.1) is 0 Å². The molecule has 3 atom stereocenters. The summed E-state index contributed by atoms with van der Waals surface area (Å²) < 4.78 is 41.8. The Morgan fingerprint density at radius 2 is 1.70 bits per heavy atom. The van der Waals surface area contributed by atoms with Crippen LogP contribution in [0.4, 0.5) is 24.5 Å². The second kappa shape index (κ2) is 11.4. The monoisotopic (exact) mass is 677 g/mol. The molecule has 226 valence electrons. The summed E-state index contributed by atoms with van der Waals surface area (Å²) in [6.07, 6.45) is -4.70. The Kier molecular flexibility index (Phi) is 7.89. The number of aryl methyl sites for hydroxylation is 1. The van der Waals surface area contributed by atoms with Gasteiger partial charge in [0.25, 0.3) is 0 Å². The zero-order valence-corrected chi connectivity index (χ0v) is 25.7. The summed E-state index contributed by atoms with van der Waals surface area (Å²) >= 11 is 14.7. The number of aromatic nitrogens is 1. The van der Waals surface area contributed by atoms with Gasteiger partial charge < -0.3 is 5.32 Å². The molecule has 1 fully saturated rings.